The molecule has 0 aliphatic heterocycles. The van der Waals surface area contributed by atoms with Crippen LogP contribution in [0.25, 0.3) is 0 Å². The van der Waals surface area contributed by atoms with E-state index >= 15 is 0 Å². The molecule has 0 atom stereocenters. The second kappa shape index (κ2) is 11.2. The van der Waals surface area contributed by atoms with Crippen molar-refractivity contribution < 1.29 is 19.2 Å². The first-order valence-electron chi connectivity index (χ1n) is 7.41. The van der Waals surface area contributed by atoms with E-state index < -0.39 is 0 Å². The van der Waals surface area contributed by atoms with Gasteiger partial charge in [0.2, 0.25) is 17.7 Å². The van der Waals surface area contributed by atoms with Crippen LogP contribution >= 0.6 is 22.6 Å². The van der Waals surface area contributed by atoms with Gasteiger partial charge in [-0.1, -0.05) is 0 Å². The number of hydrogen-bond acceptors (Lipinski definition) is 4. The maximum absolute atomic E-state index is 12.2. The van der Waals surface area contributed by atoms with Crippen molar-refractivity contribution in [3.63, 3.8) is 0 Å². The molecule has 0 aliphatic rings. The third kappa shape index (κ3) is 11.8. The Balaban J connectivity index is 4.70. The van der Waals surface area contributed by atoms with Gasteiger partial charge in [-0.25, -0.2) is 0 Å². The molecular formula is C14H25IN4O4. The summed E-state index contributed by atoms with van der Waals surface area (Å²) in [7, 11) is 0. The molecule has 8 nitrogen and oxygen atoms in total. The minimum Gasteiger partial charge on any atom is -0.352 e. The first-order valence-corrected chi connectivity index (χ1v) is 8.49. The molecule has 0 rings (SSSR count). The number of hydrogen-bond donors (Lipinski definition) is 3. The quantitative estimate of drug-likeness (QED) is 0.274. The molecule has 9 heteroatoms. The highest BCUT2D eigenvalue weighted by atomic mass is 127. The average Bonchev–Trinajstić information content (AvgIpc) is 2.35. The van der Waals surface area contributed by atoms with Crippen LogP contribution in [0, 0.1) is 0 Å². The summed E-state index contributed by atoms with van der Waals surface area (Å²) in [6.07, 6.45) is 0.0264. The van der Waals surface area contributed by atoms with Crippen LogP contribution in [0.5, 0.6) is 0 Å². The zero-order valence-corrected chi connectivity index (χ0v) is 16.1. The van der Waals surface area contributed by atoms with Gasteiger partial charge in [-0.2, -0.15) is 0 Å². The lowest BCUT2D eigenvalue weighted by molar-refractivity contribution is -0.139. The van der Waals surface area contributed by atoms with Gasteiger partial charge in [0.25, 0.3) is 3.91 Å². The van der Waals surface area contributed by atoms with Crippen molar-refractivity contribution in [2.45, 2.75) is 46.2 Å². The van der Waals surface area contributed by atoms with Gasteiger partial charge in [0, 0.05) is 47.6 Å². The summed E-state index contributed by atoms with van der Waals surface area (Å²) in [5.41, 5.74) is 0. The van der Waals surface area contributed by atoms with E-state index in [0.717, 1.165) is 0 Å². The van der Waals surface area contributed by atoms with Crippen LogP contribution in [-0.4, -0.2) is 58.3 Å². The van der Waals surface area contributed by atoms with E-state index in [2.05, 4.69) is 16.0 Å². The fourth-order valence-electron chi connectivity index (χ4n) is 1.74. The smallest absolute Gasteiger partial charge is 0.280 e. The summed E-state index contributed by atoms with van der Waals surface area (Å²) < 4.78 is -0.267. The van der Waals surface area contributed by atoms with Crippen molar-refractivity contribution in [2.75, 3.05) is 19.6 Å². The Kier molecular flexibility index (Phi) is 10.5. The van der Waals surface area contributed by atoms with Crippen molar-refractivity contribution in [2.24, 2.45) is 0 Å². The van der Waals surface area contributed by atoms with Gasteiger partial charge in [0.15, 0.2) is 0 Å². The molecule has 132 valence electrons. The summed E-state index contributed by atoms with van der Waals surface area (Å²) in [6, 6.07) is -0.107. The predicted molar refractivity (Wildman–Crippen MR) is 95.2 cm³/mol. The lowest BCUT2D eigenvalue weighted by Crippen LogP contribution is -2.48. The van der Waals surface area contributed by atoms with Gasteiger partial charge >= 0.3 is 0 Å². The van der Waals surface area contributed by atoms with Crippen LogP contribution < -0.4 is 16.0 Å². The Morgan fingerprint density at radius 1 is 0.913 bits per heavy atom. The van der Waals surface area contributed by atoms with Gasteiger partial charge in [-0.3, -0.25) is 19.2 Å². The van der Waals surface area contributed by atoms with Crippen molar-refractivity contribution in [3.8, 4) is 0 Å². The highest BCUT2D eigenvalue weighted by Crippen LogP contribution is 1.97. The molecule has 0 aromatic heterocycles. The first kappa shape index (κ1) is 21.6. The molecule has 3 N–H and O–H groups in total. The molecule has 0 heterocycles. The number of halogens is 1. The van der Waals surface area contributed by atoms with Crippen molar-refractivity contribution >= 4 is 44.2 Å². The zero-order chi connectivity index (χ0) is 18.0. The van der Waals surface area contributed by atoms with Crippen molar-refractivity contribution in [3.05, 3.63) is 0 Å². The highest BCUT2D eigenvalue weighted by molar-refractivity contribution is 14.1. The maximum Gasteiger partial charge on any atom is 0.280 e. The van der Waals surface area contributed by atoms with Crippen molar-refractivity contribution in [1.29, 1.82) is 0 Å². The molecule has 0 radical (unpaired) electrons. The van der Waals surface area contributed by atoms with E-state index in [4.69, 9.17) is 0 Å². The Morgan fingerprint density at radius 3 is 1.70 bits per heavy atom. The first-order chi connectivity index (χ1) is 10.6. The second-order valence-electron chi connectivity index (χ2n) is 5.64. The van der Waals surface area contributed by atoms with E-state index in [0.29, 0.717) is 0 Å². The van der Waals surface area contributed by atoms with Crippen LogP contribution in [0.2, 0.25) is 0 Å². The predicted octanol–water partition coefficient (Wildman–Crippen LogP) is 0.399. The molecule has 4 amide bonds. The number of rotatable bonds is 9. The number of nitrogens with one attached hydrogen (secondary N) is 3. The number of amides is 4. The molecule has 0 bridgehead atoms. The fraction of sp³-hybridized carbons (Fsp3) is 0.714. The fourth-order valence-corrected chi connectivity index (χ4v) is 2.01. The maximum atomic E-state index is 12.2. The molecule has 0 saturated heterocycles. The minimum atomic E-state index is -0.368. The molecule has 0 aromatic rings. The van der Waals surface area contributed by atoms with Gasteiger partial charge in [-0.15, -0.1) is 0 Å². The summed E-state index contributed by atoms with van der Waals surface area (Å²) in [6.45, 7) is 7.02. The lowest BCUT2D eigenvalue weighted by atomic mass is 10.3. The summed E-state index contributed by atoms with van der Waals surface area (Å²) >= 11 is 1.57. The minimum absolute atomic E-state index is 0.0264. The van der Waals surface area contributed by atoms with Gasteiger partial charge in [0.1, 0.15) is 13.1 Å². The monoisotopic (exact) mass is 440 g/mol. The molecule has 0 unspecified atom stereocenters. The van der Waals surface area contributed by atoms with E-state index in [-0.39, 0.29) is 59.8 Å². The Hall–Kier alpha value is -1.39. The summed E-state index contributed by atoms with van der Waals surface area (Å²) in [4.78, 5) is 47.9. The van der Waals surface area contributed by atoms with E-state index in [9.17, 15) is 19.2 Å². The number of carbonyl (C=O) groups is 4. The third-order valence-electron chi connectivity index (χ3n) is 2.52. The van der Waals surface area contributed by atoms with Crippen molar-refractivity contribution in [1.82, 2.24) is 20.9 Å². The van der Waals surface area contributed by atoms with Gasteiger partial charge in [-0.05, 0) is 27.7 Å². The molecule has 0 aliphatic carbocycles. The molecule has 0 spiro atoms. The van der Waals surface area contributed by atoms with Gasteiger partial charge < -0.3 is 20.9 Å². The molecule has 0 saturated carbocycles. The Bertz CT molecular complexity index is 416. The standard InChI is InChI=1S/C14H25IN4O4/c1-9(2)17-11(20)7-19(8-12(21)18-10(3)4)13(22)5-6-16-14(15)23/h9-10H,5-8H2,1-4H3,(H,16,23)(H,17,20)(H,18,21). The van der Waals surface area contributed by atoms with Gasteiger partial charge in [0.05, 0.1) is 0 Å². The van der Waals surface area contributed by atoms with Crippen LogP contribution in [0.4, 0.5) is 4.79 Å². The zero-order valence-electron chi connectivity index (χ0n) is 13.9. The Morgan fingerprint density at radius 2 is 1.35 bits per heavy atom. The number of carbonyl (C=O) groups excluding carboxylic acids is 4. The van der Waals surface area contributed by atoms with E-state index in [1.807, 2.05) is 27.7 Å². The largest absolute Gasteiger partial charge is 0.352 e. The topological polar surface area (TPSA) is 108 Å². The molecule has 23 heavy (non-hydrogen) atoms. The molecular weight excluding hydrogens is 415 g/mol. The normalized spacial score (nSPS) is 10.4. The molecule has 0 aromatic carbocycles. The van der Waals surface area contributed by atoms with E-state index in [1.165, 1.54) is 4.90 Å². The van der Waals surface area contributed by atoms with Crippen LogP contribution in [0.3, 0.4) is 0 Å². The highest BCUT2D eigenvalue weighted by Gasteiger charge is 2.20. The SMILES string of the molecule is CC(C)NC(=O)CN(CC(=O)NC(C)C)C(=O)CCNC(=O)I. The van der Waals surface area contributed by atoms with Crippen LogP contribution in [-0.2, 0) is 14.4 Å². The number of nitrogens with zero attached hydrogens (tertiary/aromatic N) is 1. The third-order valence-corrected chi connectivity index (χ3v) is 2.91. The average molecular weight is 440 g/mol. The Labute approximate surface area is 150 Å². The summed E-state index contributed by atoms with van der Waals surface area (Å²) in [5.74, 6) is -1.03. The lowest BCUT2D eigenvalue weighted by Gasteiger charge is -2.23. The second-order valence-corrected chi connectivity index (χ2v) is 6.62. The van der Waals surface area contributed by atoms with E-state index in [1.54, 1.807) is 22.6 Å². The summed E-state index contributed by atoms with van der Waals surface area (Å²) in [5, 5.41) is 7.86. The van der Waals surface area contributed by atoms with Crippen LogP contribution in [0.1, 0.15) is 34.1 Å². The van der Waals surface area contributed by atoms with Crippen LogP contribution in [0.15, 0.2) is 0 Å². The molecule has 0 fully saturated rings.